The van der Waals surface area contributed by atoms with Crippen LogP contribution in [-0.4, -0.2) is 38.5 Å². The van der Waals surface area contributed by atoms with Gasteiger partial charge in [-0.1, -0.05) is 12.5 Å². The Balaban J connectivity index is 1.35. The topological polar surface area (TPSA) is 81.4 Å². The van der Waals surface area contributed by atoms with Gasteiger partial charge in [-0.3, -0.25) is 9.20 Å². The van der Waals surface area contributed by atoms with Crippen molar-refractivity contribution < 1.29 is 9.53 Å². The smallest absolute Gasteiger partial charge is 0.204 e. The third-order valence-electron chi connectivity index (χ3n) is 5.14. The molecule has 0 aliphatic heterocycles. The van der Waals surface area contributed by atoms with E-state index >= 15 is 0 Å². The van der Waals surface area contributed by atoms with E-state index in [2.05, 4.69) is 15.5 Å². The molecule has 0 radical (unpaired) electrons. The highest BCUT2D eigenvalue weighted by molar-refractivity contribution is 7.10. The Morgan fingerprint density at radius 1 is 1.19 bits per heavy atom. The molecule has 0 aliphatic rings. The van der Waals surface area contributed by atoms with E-state index in [-0.39, 0.29) is 0 Å². The van der Waals surface area contributed by atoms with E-state index < -0.39 is 0 Å². The van der Waals surface area contributed by atoms with Gasteiger partial charge >= 0.3 is 0 Å². The highest BCUT2D eigenvalue weighted by Gasteiger charge is 2.13. The van der Waals surface area contributed by atoms with E-state index in [9.17, 15) is 4.79 Å². The zero-order valence-electron chi connectivity index (χ0n) is 17.9. The molecule has 31 heavy (non-hydrogen) atoms. The Labute approximate surface area is 185 Å². The van der Waals surface area contributed by atoms with Crippen LogP contribution < -0.4 is 10.1 Å². The number of hydrogen-bond donors (Lipinski definition) is 1. The van der Waals surface area contributed by atoms with Crippen molar-refractivity contribution >= 4 is 39.6 Å². The van der Waals surface area contributed by atoms with Gasteiger partial charge in [-0.15, -0.1) is 21.5 Å². The zero-order valence-corrected chi connectivity index (χ0v) is 18.7. The van der Waals surface area contributed by atoms with Crippen molar-refractivity contribution in [3.05, 3.63) is 46.4 Å². The fraction of sp³-hybridized carbons (Fsp3) is 0.391. The average Bonchev–Trinajstić information content (AvgIpc) is 3.40. The summed E-state index contributed by atoms with van der Waals surface area (Å²) in [5, 5.41) is 14.0. The molecule has 4 rings (SSSR count). The van der Waals surface area contributed by atoms with Gasteiger partial charge in [0, 0.05) is 30.3 Å². The van der Waals surface area contributed by atoms with E-state index in [1.807, 2.05) is 54.0 Å². The first-order valence-corrected chi connectivity index (χ1v) is 11.6. The van der Waals surface area contributed by atoms with Crippen LogP contribution >= 0.6 is 11.3 Å². The van der Waals surface area contributed by atoms with Crippen molar-refractivity contribution in [2.45, 2.75) is 46.0 Å². The Morgan fingerprint density at radius 2 is 2.10 bits per heavy atom. The molecular weight excluding hydrogens is 410 g/mol. The van der Waals surface area contributed by atoms with Gasteiger partial charge in [0.25, 0.3) is 0 Å². The lowest BCUT2D eigenvalue weighted by molar-refractivity contribution is -0.118. The molecule has 0 unspecified atom stereocenters. The maximum Gasteiger partial charge on any atom is 0.204 e. The number of nitrogens with zero attached hydrogens (tertiary/aromatic N) is 4. The molecule has 0 saturated carbocycles. The number of aryl methyl sites for hydroxylation is 1. The summed E-state index contributed by atoms with van der Waals surface area (Å²) in [6.07, 6.45) is 4.07. The summed E-state index contributed by atoms with van der Waals surface area (Å²) in [4.78, 5) is 18.0. The first-order chi connectivity index (χ1) is 15.2. The number of thiophene rings is 1. The number of carbonyl (C=O) groups excluding carboxylic acids is 1. The molecule has 7 nitrogen and oxygen atoms in total. The minimum atomic E-state index is 0.317. The minimum Gasteiger partial charge on any atom is -0.494 e. The van der Waals surface area contributed by atoms with Crippen molar-refractivity contribution in [1.29, 1.82) is 0 Å². The molecule has 162 valence electrons. The van der Waals surface area contributed by atoms with Crippen molar-refractivity contribution in [1.82, 2.24) is 19.6 Å². The summed E-state index contributed by atoms with van der Waals surface area (Å²) in [7, 11) is 0. The second-order valence-electron chi connectivity index (χ2n) is 7.48. The van der Waals surface area contributed by atoms with Gasteiger partial charge < -0.3 is 10.1 Å². The molecule has 1 aromatic carbocycles. The van der Waals surface area contributed by atoms with Crippen LogP contribution in [0.4, 0.5) is 5.82 Å². The summed E-state index contributed by atoms with van der Waals surface area (Å²) in [5.74, 6) is 2.65. The predicted octanol–water partition coefficient (Wildman–Crippen LogP) is 4.83. The SMILES string of the molecule is CCOc1ccc2c(c1)nc(NCCCCCC(=O)Cc1cccs1)c1nnc(C)n12. The lowest BCUT2D eigenvalue weighted by atomic mass is 10.1. The number of unbranched alkanes of at least 4 members (excludes halogenated alkanes) is 2. The molecule has 0 atom stereocenters. The number of ether oxygens (including phenoxy) is 1. The number of aromatic nitrogens is 4. The largest absolute Gasteiger partial charge is 0.494 e. The molecule has 1 N–H and O–H groups in total. The van der Waals surface area contributed by atoms with Crippen LogP contribution in [0.25, 0.3) is 16.7 Å². The molecule has 4 aromatic rings. The number of hydrogen-bond acceptors (Lipinski definition) is 7. The zero-order chi connectivity index (χ0) is 21.6. The maximum absolute atomic E-state index is 12.1. The second-order valence-corrected chi connectivity index (χ2v) is 8.51. The number of rotatable bonds is 11. The Morgan fingerprint density at radius 3 is 2.90 bits per heavy atom. The number of anilines is 1. The van der Waals surface area contributed by atoms with Gasteiger partial charge in [-0.2, -0.15) is 0 Å². The first-order valence-electron chi connectivity index (χ1n) is 10.7. The van der Waals surface area contributed by atoms with Crippen LogP contribution in [0.1, 0.15) is 43.3 Å². The fourth-order valence-electron chi connectivity index (χ4n) is 3.66. The molecule has 0 aliphatic carbocycles. The Bertz CT molecular complexity index is 1170. The van der Waals surface area contributed by atoms with Crippen LogP contribution in [0.2, 0.25) is 0 Å². The predicted molar refractivity (Wildman–Crippen MR) is 124 cm³/mol. The molecule has 0 fully saturated rings. The fourth-order valence-corrected chi connectivity index (χ4v) is 4.39. The van der Waals surface area contributed by atoms with Crippen LogP contribution in [0.15, 0.2) is 35.7 Å². The standard InChI is InChI=1S/C23H27N5O2S/c1-3-30-18-10-11-21-20(15-18)25-22(23-27-26-16(2)28(21)23)24-12-6-4-5-8-17(29)14-19-9-7-13-31-19/h7,9-11,13,15H,3-6,8,12,14H2,1-2H3,(H,24,25). The first kappa shape index (κ1) is 21.2. The molecule has 0 saturated heterocycles. The summed E-state index contributed by atoms with van der Waals surface area (Å²) in [6, 6.07) is 9.90. The maximum atomic E-state index is 12.1. The molecule has 0 bridgehead atoms. The van der Waals surface area contributed by atoms with E-state index in [4.69, 9.17) is 9.72 Å². The number of nitrogens with one attached hydrogen (secondary N) is 1. The van der Waals surface area contributed by atoms with E-state index in [1.54, 1.807) is 11.3 Å². The number of carbonyl (C=O) groups is 1. The number of Topliss-reactive ketones (excluding diaryl/α,β-unsaturated/α-hetero) is 1. The number of fused-ring (bicyclic) bond motifs is 3. The molecule has 3 heterocycles. The lowest BCUT2D eigenvalue weighted by Crippen LogP contribution is -2.07. The quantitative estimate of drug-likeness (QED) is 0.339. The van der Waals surface area contributed by atoms with Crippen LogP contribution in [-0.2, 0) is 11.2 Å². The van der Waals surface area contributed by atoms with Crippen LogP contribution in [0.3, 0.4) is 0 Å². The minimum absolute atomic E-state index is 0.317. The van der Waals surface area contributed by atoms with E-state index in [0.29, 0.717) is 25.2 Å². The second kappa shape index (κ2) is 9.87. The van der Waals surface area contributed by atoms with Gasteiger partial charge in [0.2, 0.25) is 5.65 Å². The van der Waals surface area contributed by atoms with E-state index in [0.717, 1.165) is 64.8 Å². The average molecular weight is 438 g/mol. The Hall–Kier alpha value is -3.00. The van der Waals surface area contributed by atoms with Gasteiger partial charge in [-0.05, 0) is 50.3 Å². The normalized spacial score (nSPS) is 11.3. The highest BCUT2D eigenvalue weighted by atomic mass is 32.1. The molecule has 0 amide bonds. The number of ketones is 1. The summed E-state index contributed by atoms with van der Waals surface area (Å²) in [6.45, 7) is 5.28. The molecule has 3 aromatic heterocycles. The summed E-state index contributed by atoms with van der Waals surface area (Å²) >= 11 is 1.64. The summed E-state index contributed by atoms with van der Waals surface area (Å²) in [5.41, 5.74) is 2.51. The van der Waals surface area contributed by atoms with Crippen LogP contribution in [0.5, 0.6) is 5.75 Å². The lowest BCUT2D eigenvalue weighted by Gasteiger charge is -2.11. The van der Waals surface area contributed by atoms with Gasteiger partial charge in [0.1, 0.15) is 17.4 Å². The molecule has 0 spiro atoms. The van der Waals surface area contributed by atoms with Crippen molar-refractivity contribution in [2.75, 3.05) is 18.5 Å². The third kappa shape index (κ3) is 5.02. The molecule has 8 heteroatoms. The molecular formula is C23H27N5O2S. The van der Waals surface area contributed by atoms with Crippen molar-refractivity contribution in [3.63, 3.8) is 0 Å². The highest BCUT2D eigenvalue weighted by Crippen LogP contribution is 2.25. The third-order valence-corrected chi connectivity index (χ3v) is 6.02. The Kier molecular flexibility index (Phi) is 6.76. The van der Waals surface area contributed by atoms with Gasteiger partial charge in [0.05, 0.1) is 17.6 Å². The van der Waals surface area contributed by atoms with Crippen molar-refractivity contribution in [2.24, 2.45) is 0 Å². The monoisotopic (exact) mass is 437 g/mol. The van der Waals surface area contributed by atoms with Gasteiger partial charge in [0.15, 0.2) is 5.82 Å². The van der Waals surface area contributed by atoms with E-state index in [1.165, 1.54) is 0 Å². The number of benzene rings is 1. The van der Waals surface area contributed by atoms with Crippen LogP contribution in [0, 0.1) is 6.92 Å². The van der Waals surface area contributed by atoms with Crippen molar-refractivity contribution in [3.8, 4) is 5.75 Å². The van der Waals surface area contributed by atoms with Gasteiger partial charge in [-0.25, -0.2) is 4.98 Å². The summed E-state index contributed by atoms with van der Waals surface area (Å²) < 4.78 is 7.64.